The molecule has 2 fully saturated rings. The third-order valence-corrected chi connectivity index (χ3v) is 4.84. The summed E-state index contributed by atoms with van der Waals surface area (Å²) >= 11 is 0. The molecule has 1 aromatic heterocycles. The summed E-state index contributed by atoms with van der Waals surface area (Å²) in [5, 5.41) is 12.6. The Morgan fingerprint density at radius 2 is 2.05 bits per heavy atom. The number of aromatic nitrogens is 4. The molecule has 118 valence electrons. The molecule has 6 nitrogen and oxygen atoms in total. The fourth-order valence-electron chi connectivity index (χ4n) is 3.81. The summed E-state index contributed by atoms with van der Waals surface area (Å²) in [7, 11) is 0. The van der Waals surface area contributed by atoms with Crippen LogP contribution >= 0.6 is 0 Å². The van der Waals surface area contributed by atoms with Crippen molar-refractivity contribution in [3.05, 3.63) is 5.82 Å². The number of nitrogens with zero attached hydrogens (tertiary/aromatic N) is 4. The molecule has 0 radical (unpaired) electrons. The lowest BCUT2D eigenvalue weighted by Crippen LogP contribution is -3.13. The van der Waals surface area contributed by atoms with E-state index in [0.29, 0.717) is 12.0 Å². The van der Waals surface area contributed by atoms with Crippen molar-refractivity contribution in [3.8, 4) is 0 Å². The third-order valence-electron chi connectivity index (χ3n) is 4.84. The Kier molecular flexibility index (Phi) is 4.85. The van der Waals surface area contributed by atoms with Crippen molar-refractivity contribution < 1.29 is 9.64 Å². The quantitative estimate of drug-likeness (QED) is 0.865. The number of hydrogen-bond acceptors (Lipinski definition) is 4. The number of likely N-dealkylation sites (tertiary alicyclic amines) is 1. The largest absolute Gasteiger partial charge is 0.376 e. The Labute approximate surface area is 126 Å². The standard InChI is InChI=1S/C15H27N5O/c1-12(2)14(19-8-4-3-5-9-19)15-16-17-18-20(15)11-13-7-6-10-21-13/h12-14H,3-11H2,1-2H3/p+1/t13-,14-/m1/s1. The summed E-state index contributed by atoms with van der Waals surface area (Å²) in [6, 6.07) is 0.404. The molecule has 0 saturated carbocycles. The van der Waals surface area contributed by atoms with E-state index in [9.17, 15) is 0 Å². The lowest BCUT2D eigenvalue weighted by molar-refractivity contribution is -0.940. The zero-order chi connectivity index (χ0) is 14.7. The third kappa shape index (κ3) is 3.43. The zero-order valence-electron chi connectivity index (χ0n) is 13.3. The first-order valence-electron chi connectivity index (χ1n) is 8.48. The number of ether oxygens (including phenoxy) is 1. The highest BCUT2D eigenvalue weighted by atomic mass is 16.5. The number of piperidine rings is 1. The van der Waals surface area contributed by atoms with Crippen LogP contribution in [0.4, 0.5) is 0 Å². The minimum atomic E-state index is 0.288. The highest BCUT2D eigenvalue weighted by Gasteiger charge is 2.34. The number of rotatable bonds is 5. The van der Waals surface area contributed by atoms with E-state index in [-0.39, 0.29) is 6.10 Å². The summed E-state index contributed by atoms with van der Waals surface area (Å²) in [5.74, 6) is 1.60. The minimum absolute atomic E-state index is 0.288. The molecule has 1 N–H and O–H groups in total. The van der Waals surface area contributed by atoms with Crippen molar-refractivity contribution in [1.82, 2.24) is 20.2 Å². The molecule has 3 heterocycles. The second-order valence-corrected chi connectivity index (χ2v) is 6.79. The molecular formula is C15H28N5O+. The van der Waals surface area contributed by atoms with Gasteiger partial charge in [0.05, 0.1) is 25.7 Å². The van der Waals surface area contributed by atoms with Gasteiger partial charge < -0.3 is 9.64 Å². The fourth-order valence-corrected chi connectivity index (χ4v) is 3.81. The molecule has 0 aromatic carbocycles. The Morgan fingerprint density at radius 1 is 1.24 bits per heavy atom. The predicted octanol–water partition coefficient (Wildman–Crippen LogP) is 0.618. The van der Waals surface area contributed by atoms with Crippen LogP contribution in [-0.2, 0) is 11.3 Å². The molecule has 6 heteroatoms. The highest BCUT2D eigenvalue weighted by Crippen LogP contribution is 2.19. The zero-order valence-corrected chi connectivity index (χ0v) is 13.3. The SMILES string of the molecule is CC(C)[C@H](c1nnnn1C[C@H]1CCCO1)[NH+]1CCCCC1. The first-order chi connectivity index (χ1) is 10.3. The van der Waals surface area contributed by atoms with E-state index in [1.165, 1.54) is 32.4 Å². The van der Waals surface area contributed by atoms with Crippen molar-refractivity contribution in [3.63, 3.8) is 0 Å². The smallest absolute Gasteiger partial charge is 0.209 e. The van der Waals surface area contributed by atoms with Crippen LogP contribution in [0.25, 0.3) is 0 Å². The maximum absolute atomic E-state index is 5.74. The Hall–Kier alpha value is -1.01. The van der Waals surface area contributed by atoms with Crippen LogP contribution < -0.4 is 4.90 Å². The van der Waals surface area contributed by atoms with E-state index in [1.54, 1.807) is 4.90 Å². The van der Waals surface area contributed by atoms with Gasteiger partial charge in [-0.1, -0.05) is 13.8 Å². The van der Waals surface area contributed by atoms with E-state index in [0.717, 1.165) is 31.8 Å². The van der Waals surface area contributed by atoms with Crippen LogP contribution in [0.2, 0.25) is 0 Å². The molecule has 0 amide bonds. The molecule has 2 aliphatic heterocycles. The van der Waals surface area contributed by atoms with Crippen LogP contribution in [0.3, 0.4) is 0 Å². The molecule has 0 aliphatic carbocycles. The molecule has 2 atom stereocenters. The summed E-state index contributed by atoms with van der Waals surface area (Å²) in [6.07, 6.45) is 6.60. The summed E-state index contributed by atoms with van der Waals surface area (Å²) in [5.41, 5.74) is 0. The van der Waals surface area contributed by atoms with Crippen molar-refractivity contribution in [2.75, 3.05) is 19.7 Å². The van der Waals surface area contributed by atoms with E-state index in [2.05, 4.69) is 29.4 Å². The van der Waals surface area contributed by atoms with Gasteiger partial charge in [-0.25, -0.2) is 4.68 Å². The van der Waals surface area contributed by atoms with E-state index in [4.69, 9.17) is 4.74 Å². The fraction of sp³-hybridized carbons (Fsp3) is 0.933. The van der Waals surface area contributed by atoms with Crippen molar-refractivity contribution in [1.29, 1.82) is 0 Å². The Balaban J connectivity index is 1.77. The second kappa shape index (κ2) is 6.83. The molecule has 2 saturated heterocycles. The van der Waals surface area contributed by atoms with Crippen molar-refractivity contribution in [2.24, 2.45) is 5.92 Å². The predicted molar refractivity (Wildman–Crippen MR) is 78.9 cm³/mol. The maximum Gasteiger partial charge on any atom is 0.209 e. The summed E-state index contributed by atoms with van der Waals surface area (Å²) in [6.45, 7) is 8.76. The van der Waals surface area contributed by atoms with Gasteiger partial charge in [0, 0.05) is 12.5 Å². The normalized spacial score (nSPS) is 25.6. The molecule has 21 heavy (non-hydrogen) atoms. The molecule has 0 spiro atoms. The first kappa shape index (κ1) is 14.9. The summed E-state index contributed by atoms with van der Waals surface area (Å²) < 4.78 is 7.75. The van der Waals surface area contributed by atoms with Crippen LogP contribution in [0.5, 0.6) is 0 Å². The van der Waals surface area contributed by atoms with Crippen LogP contribution in [0.15, 0.2) is 0 Å². The molecule has 1 aromatic rings. The second-order valence-electron chi connectivity index (χ2n) is 6.79. The maximum atomic E-state index is 5.74. The Morgan fingerprint density at radius 3 is 2.71 bits per heavy atom. The van der Waals surface area contributed by atoms with E-state index < -0.39 is 0 Å². The minimum Gasteiger partial charge on any atom is -0.376 e. The monoisotopic (exact) mass is 294 g/mol. The molecular weight excluding hydrogens is 266 g/mol. The van der Waals surface area contributed by atoms with Crippen molar-refractivity contribution in [2.45, 2.75) is 64.6 Å². The lowest BCUT2D eigenvalue weighted by Gasteiger charge is -2.33. The number of tetrazole rings is 1. The average Bonchev–Trinajstić information content (AvgIpc) is 3.13. The molecule has 3 rings (SSSR count). The number of nitrogens with one attached hydrogen (secondary N) is 1. The number of hydrogen-bond donors (Lipinski definition) is 1. The first-order valence-corrected chi connectivity index (χ1v) is 8.48. The topological polar surface area (TPSA) is 57.3 Å². The van der Waals surface area contributed by atoms with Crippen LogP contribution in [0.1, 0.15) is 57.8 Å². The van der Waals surface area contributed by atoms with Gasteiger partial charge in [-0.3, -0.25) is 0 Å². The molecule has 2 aliphatic rings. The van der Waals surface area contributed by atoms with Gasteiger partial charge in [-0.2, -0.15) is 0 Å². The van der Waals surface area contributed by atoms with Gasteiger partial charge >= 0.3 is 0 Å². The lowest BCUT2D eigenvalue weighted by atomic mass is 9.98. The average molecular weight is 294 g/mol. The van der Waals surface area contributed by atoms with Gasteiger partial charge in [0.1, 0.15) is 0 Å². The van der Waals surface area contributed by atoms with Gasteiger partial charge in [-0.15, -0.1) is 5.10 Å². The Bertz CT molecular complexity index is 435. The van der Waals surface area contributed by atoms with Crippen LogP contribution in [-0.4, -0.2) is 46.0 Å². The van der Waals surface area contributed by atoms with Gasteiger partial charge in [-0.05, 0) is 42.5 Å². The molecule has 0 unspecified atom stereocenters. The molecule has 0 bridgehead atoms. The van der Waals surface area contributed by atoms with Gasteiger partial charge in [0.2, 0.25) is 5.82 Å². The van der Waals surface area contributed by atoms with Crippen LogP contribution in [0, 0.1) is 5.92 Å². The highest BCUT2D eigenvalue weighted by molar-refractivity contribution is 4.90. The van der Waals surface area contributed by atoms with Crippen molar-refractivity contribution >= 4 is 0 Å². The van der Waals surface area contributed by atoms with Gasteiger partial charge in [0.25, 0.3) is 0 Å². The number of quaternary nitrogens is 1. The summed E-state index contributed by atoms with van der Waals surface area (Å²) in [4.78, 5) is 1.65. The van der Waals surface area contributed by atoms with Gasteiger partial charge in [0.15, 0.2) is 6.04 Å². The van der Waals surface area contributed by atoms with E-state index in [1.807, 2.05) is 4.68 Å². The van der Waals surface area contributed by atoms with E-state index >= 15 is 0 Å².